The van der Waals surface area contributed by atoms with Crippen molar-refractivity contribution in [1.82, 2.24) is 20.2 Å². The van der Waals surface area contributed by atoms with Crippen LogP contribution < -0.4 is 5.43 Å². The first-order valence-corrected chi connectivity index (χ1v) is 6.88. The van der Waals surface area contributed by atoms with Crippen molar-refractivity contribution in [3.05, 3.63) is 30.1 Å². The molecule has 0 bridgehead atoms. The quantitative estimate of drug-likeness (QED) is 0.615. The number of hydrogen-bond acceptors (Lipinski definition) is 5. The van der Waals surface area contributed by atoms with E-state index in [0.29, 0.717) is 6.42 Å². The van der Waals surface area contributed by atoms with Crippen molar-refractivity contribution in [3.63, 3.8) is 0 Å². The molecule has 0 radical (unpaired) electrons. The maximum atomic E-state index is 11.7. The van der Waals surface area contributed by atoms with Gasteiger partial charge in [-0.15, -0.1) is 0 Å². The molecule has 1 amide bonds. The molecule has 1 aromatic heterocycles. The van der Waals surface area contributed by atoms with Crippen LogP contribution in [-0.2, 0) is 4.79 Å². The molecule has 1 N–H and O–H groups in total. The Morgan fingerprint density at radius 2 is 2.20 bits per heavy atom. The van der Waals surface area contributed by atoms with Gasteiger partial charge in [0.25, 0.3) is 0 Å². The summed E-state index contributed by atoms with van der Waals surface area (Å²) in [5.41, 5.74) is 3.26. The highest BCUT2D eigenvalue weighted by Crippen LogP contribution is 1.99. The number of carbonyl (C=O) groups is 1. The molecule has 0 unspecified atom stereocenters. The summed E-state index contributed by atoms with van der Waals surface area (Å²) in [6.07, 6.45) is 3.72. The van der Waals surface area contributed by atoms with Crippen LogP contribution in [0.4, 0.5) is 0 Å². The lowest BCUT2D eigenvalue weighted by molar-refractivity contribution is -0.121. The van der Waals surface area contributed by atoms with E-state index in [1.54, 1.807) is 12.4 Å². The Balaban J connectivity index is 1.64. The van der Waals surface area contributed by atoms with Gasteiger partial charge in [-0.1, -0.05) is 6.07 Å². The third-order valence-corrected chi connectivity index (χ3v) is 3.32. The Bertz CT molecular complexity index is 440. The van der Waals surface area contributed by atoms with E-state index in [0.717, 1.165) is 38.4 Å². The van der Waals surface area contributed by atoms with E-state index >= 15 is 0 Å². The first kappa shape index (κ1) is 14.6. The standard InChI is InChI=1S/C14H21N5O/c1-18-8-10-19(11-9-18)7-5-14(20)17-16-12-13-4-2-3-6-15-13/h2-4,6,12H,5,7-11H2,1H3,(H,17,20)/b16-12-. The van der Waals surface area contributed by atoms with E-state index in [1.165, 1.54) is 0 Å². The highest BCUT2D eigenvalue weighted by atomic mass is 16.2. The van der Waals surface area contributed by atoms with Gasteiger partial charge in [-0.05, 0) is 19.2 Å². The summed E-state index contributed by atoms with van der Waals surface area (Å²) in [5.74, 6) is -0.0592. The summed E-state index contributed by atoms with van der Waals surface area (Å²) in [7, 11) is 2.12. The Morgan fingerprint density at radius 3 is 2.90 bits per heavy atom. The summed E-state index contributed by atoms with van der Waals surface area (Å²) in [6, 6.07) is 5.55. The molecule has 1 aliphatic rings. The van der Waals surface area contributed by atoms with Crippen LogP contribution >= 0.6 is 0 Å². The van der Waals surface area contributed by atoms with Crippen LogP contribution in [0.3, 0.4) is 0 Å². The molecule has 108 valence electrons. The molecule has 1 saturated heterocycles. The molecular formula is C14H21N5O. The van der Waals surface area contributed by atoms with Gasteiger partial charge in [0, 0.05) is 45.3 Å². The van der Waals surface area contributed by atoms with Crippen LogP contribution in [0.5, 0.6) is 0 Å². The number of hydrazone groups is 1. The van der Waals surface area contributed by atoms with E-state index in [4.69, 9.17) is 0 Å². The molecule has 6 nitrogen and oxygen atoms in total. The highest BCUT2D eigenvalue weighted by molar-refractivity contribution is 5.80. The lowest BCUT2D eigenvalue weighted by atomic mass is 10.3. The lowest BCUT2D eigenvalue weighted by Crippen LogP contribution is -2.45. The Kier molecular flexibility index (Phi) is 5.64. The molecule has 2 rings (SSSR count). The SMILES string of the molecule is CN1CCN(CCC(=O)N/N=C\c2ccccn2)CC1. The molecule has 6 heteroatoms. The monoisotopic (exact) mass is 275 g/mol. The molecular weight excluding hydrogens is 254 g/mol. The molecule has 0 atom stereocenters. The predicted molar refractivity (Wildman–Crippen MR) is 78.5 cm³/mol. The number of likely N-dealkylation sites (N-methyl/N-ethyl adjacent to an activating group) is 1. The average molecular weight is 275 g/mol. The van der Waals surface area contributed by atoms with Crippen LogP contribution in [0, 0.1) is 0 Å². The third-order valence-electron chi connectivity index (χ3n) is 3.32. The van der Waals surface area contributed by atoms with Crippen LogP contribution in [-0.4, -0.2) is 66.7 Å². The topological polar surface area (TPSA) is 60.8 Å². The van der Waals surface area contributed by atoms with Crippen molar-refractivity contribution in [2.75, 3.05) is 39.8 Å². The molecule has 0 spiro atoms. The molecule has 0 saturated carbocycles. The summed E-state index contributed by atoms with van der Waals surface area (Å²) >= 11 is 0. The van der Waals surface area contributed by atoms with Gasteiger partial charge in [0.1, 0.15) is 0 Å². The highest BCUT2D eigenvalue weighted by Gasteiger charge is 2.14. The number of amides is 1. The second-order valence-electron chi connectivity index (χ2n) is 4.94. The normalized spacial score (nSPS) is 17.4. The molecule has 20 heavy (non-hydrogen) atoms. The molecule has 1 aliphatic heterocycles. The fourth-order valence-corrected chi connectivity index (χ4v) is 2.01. The van der Waals surface area contributed by atoms with Gasteiger partial charge in [0.2, 0.25) is 5.91 Å². The molecule has 2 heterocycles. The van der Waals surface area contributed by atoms with Crippen LogP contribution in [0.2, 0.25) is 0 Å². The number of nitrogens with zero attached hydrogens (tertiary/aromatic N) is 4. The van der Waals surface area contributed by atoms with Gasteiger partial charge in [-0.3, -0.25) is 9.78 Å². The predicted octanol–water partition coefficient (Wildman–Crippen LogP) is 0.169. The third kappa shape index (κ3) is 5.07. The van der Waals surface area contributed by atoms with E-state index < -0.39 is 0 Å². The number of nitrogens with one attached hydrogen (secondary N) is 1. The van der Waals surface area contributed by atoms with Crippen molar-refractivity contribution < 1.29 is 4.79 Å². The van der Waals surface area contributed by atoms with Crippen molar-refractivity contribution in [3.8, 4) is 0 Å². The van der Waals surface area contributed by atoms with Gasteiger partial charge < -0.3 is 9.80 Å². The van der Waals surface area contributed by atoms with Crippen molar-refractivity contribution >= 4 is 12.1 Å². The average Bonchev–Trinajstić information content (AvgIpc) is 2.48. The van der Waals surface area contributed by atoms with Gasteiger partial charge in [-0.2, -0.15) is 5.10 Å². The Morgan fingerprint density at radius 1 is 1.40 bits per heavy atom. The summed E-state index contributed by atoms with van der Waals surface area (Å²) in [4.78, 5) is 20.4. The minimum absolute atomic E-state index is 0.0592. The zero-order chi connectivity index (χ0) is 14.2. The van der Waals surface area contributed by atoms with E-state index in [-0.39, 0.29) is 5.91 Å². The second kappa shape index (κ2) is 7.72. The molecule has 1 aromatic rings. The molecule has 1 fully saturated rings. The fourth-order valence-electron chi connectivity index (χ4n) is 2.01. The van der Waals surface area contributed by atoms with E-state index in [1.807, 2.05) is 18.2 Å². The fraction of sp³-hybridized carbons (Fsp3) is 0.500. The van der Waals surface area contributed by atoms with Crippen LogP contribution in [0.25, 0.3) is 0 Å². The summed E-state index contributed by atoms with van der Waals surface area (Å²) < 4.78 is 0. The zero-order valence-electron chi connectivity index (χ0n) is 11.8. The number of aromatic nitrogens is 1. The van der Waals surface area contributed by atoms with E-state index in [9.17, 15) is 4.79 Å². The van der Waals surface area contributed by atoms with Crippen LogP contribution in [0.1, 0.15) is 12.1 Å². The maximum absolute atomic E-state index is 11.7. The minimum Gasteiger partial charge on any atom is -0.304 e. The first-order chi connectivity index (χ1) is 9.74. The lowest BCUT2D eigenvalue weighted by Gasteiger charge is -2.32. The Labute approximate surface area is 119 Å². The minimum atomic E-state index is -0.0592. The van der Waals surface area contributed by atoms with Gasteiger partial charge in [0.05, 0.1) is 11.9 Å². The van der Waals surface area contributed by atoms with E-state index in [2.05, 4.69) is 32.4 Å². The summed E-state index contributed by atoms with van der Waals surface area (Å²) in [5, 5.41) is 3.90. The van der Waals surface area contributed by atoms with Gasteiger partial charge in [-0.25, -0.2) is 5.43 Å². The maximum Gasteiger partial charge on any atom is 0.241 e. The second-order valence-corrected chi connectivity index (χ2v) is 4.94. The van der Waals surface area contributed by atoms with Crippen molar-refractivity contribution in [1.29, 1.82) is 0 Å². The number of rotatable bonds is 5. The van der Waals surface area contributed by atoms with Crippen molar-refractivity contribution in [2.45, 2.75) is 6.42 Å². The van der Waals surface area contributed by atoms with Crippen molar-refractivity contribution in [2.24, 2.45) is 5.10 Å². The van der Waals surface area contributed by atoms with Crippen LogP contribution in [0.15, 0.2) is 29.5 Å². The summed E-state index contributed by atoms with van der Waals surface area (Å²) in [6.45, 7) is 4.99. The number of pyridine rings is 1. The molecule has 0 aromatic carbocycles. The molecule has 0 aliphatic carbocycles. The largest absolute Gasteiger partial charge is 0.304 e. The zero-order valence-corrected chi connectivity index (χ0v) is 11.8. The van der Waals surface area contributed by atoms with Gasteiger partial charge in [0.15, 0.2) is 0 Å². The number of carbonyl (C=O) groups excluding carboxylic acids is 1. The Hall–Kier alpha value is -1.79. The number of piperazine rings is 1. The smallest absolute Gasteiger partial charge is 0.241 e. The number of hydrogen-bond donors (Lipinski definition) is 1. The first-order valence-electron chi connectivity index (χ1n) is 6.88. The van der Waals surface area contributed by atoms with Gasteiger partial charge >= 0.3 is 0 Å².